The van der Waals surface area contributed by atoms with Crippen molar-refractivity contribution < 1.29 is 9.18 Å². The van der Waals surface area contributed by atoms with Crippen molar-refractivity contribution in [2.45, 2.75) is 45.6 Å². The summed E-state index contributed by atoms with van der Waals surface area (Å²) in [6, 6.07) is 6.51. The van der Waals surface area contributed by atoms with Crippen molar-refractivity contribution in [1.29, 1.82) is 0 Å². The van der Waals surface area contributed by atoms with Crippen LogP contribution < -0.4 is 5.32 Å². The fourth-order valence-electron chi connectivity index (χ4n) is 3.13. The molecule has 4 heteroatoms. The fourth-order valence-corrected chi connectivity index (χ4v) is 3.13. The summed E-state index contributed by atoms with van der Waals surface area (Å²) in [5.74, 6) is 0.371. The lowest BCUT2D eigenvalue weighted by Crippen LogP contribution is -2.37. The van der Waals surface area contributed by atoms with Gasteiger partial charge in [-0.25, -0.2) is 4.39 Å². The van der Waals surface area contributed by atoms with Gasteiger partial charge < -0.3 is 5.32 Å². The molecule has 0 unspecified atom stereocenters. The van der Waals surface area contributed by atoms with Crippen LogP contribution in [0.5, 0.6) is 0 Å². The third kappa shape index (κ3) is 3.11. The maximum absolute atomic E-state index is 13.2. The topological polar surface area (TPSA) is 42.0 Å². The van der Waals surface area contributed by atoms with Gasteiger partial charge in [0.2, 0.25) is 0 Å². The average Bonchev–Trinajstić information content (AvgIpc) is 2.48. The Labute approximate surface area is 129 Å². The molecule has 1 saturated carbocycles. The summed E-state index contributed by atoms with van der Waals surface area (Å²) in [5, 5.41) is 3.91. The largest absolute Gasteiger partial charge is 0.349 e. The summed E-state index contributed by atoms with van der Waals surface area (Å²) in [7, 11) is 0. The van der Waals surface area contributed by atoms with Gasteiger partial charge in [-0.05, 0) is 56.7 Å². The van der Waals surface area contributed by atoms with E-state index in [2.05, 4.69) is 17.2 Å². The second kappa shape index (κ2) is 6.03. The lowest BCUT2D eigenvalue weighted by Gasteiger charge is -2.27. The van der Waals surface area contributed by atoms with Gasteiger partial charge in [0, 0.05) is 17.5 Å². The quantitative estimate of drug-likeness (QED) is 0.911. The average molecular weight is 300 g/mol. The third-order valence-corrected chi connectivity index (χ3v) is 4.57. The van der Waals surface area contributed by atoms with Gasteiger partial charge in [0.25, 0.3) is 5.91 Å². The van der Waals surface area contributed by atoms with E-state index in [0.717, 1.165) is 24.1 Å². The number of rotatable bonds is 2. The number of nitrogens with one attached hydrogen (secondary N) is 1. The molecule has 1 aliphatic carbocycles. The zero-order valence-electron chi connectivity index (χ0n) is 13.0. The normalized spacial score (nSPS) is 21.8. The number of aromatic nitrogens is 1. The smallest absolute Gasteiger partial charge is 0.253 e. The minimum atomic E-state index is -0.312. The van der Waals surface area contributed by atoms with Gasteiger partial charge in [-0.1, -0.05) is 6.92 Å². The van der Waals surface area contributed by atoms with E-state index in [0.29, 0.717) is 16.8 Å². The van der Waals surface area contributed by atoms with Crippen molar-refractivity contribution >= 4 is 16.8 Å². The standard InChI is InChI=1S/C18H21FN2O/c1-11-3-7-15(8-4-11)21-18(22)16-9-13-5-6-14(19)10-17(13)20-12(16)2/h5-6,9-11,15H,3-4,7-8H2,1-2H3,(H,21,22). The van der Waals surface area contributed by atoms with Crippen molar-refractivity contribution in [2.24, 2.45) is 5.92 Å². The molecule has 1 aromatic carbocycles. The van der Waals surface area contributed by atoms with Crippen LogP contribution in [0.2, 0.25) is 0 Å². The lowest BCUT2D eigenvalue weighted by molar-refractivity contribution is 0.0922. The van der Waals surface area contributed by atoms with Gasteiger partial charge >= 0.3 is 0 Å². The number of aryl methyl sites for hydroxylation is 1. The van der Waals surface area contributed by atoms with Gasteiger partial charge in [-0.3, -0.25) is 9.78 Å². The zero-order chi connectivity index (χ0) is 15.7. The van der Waals surface area contributed by atoms with Crippen molar-refractivity contribution in [3.8, 4) is 0 Å². The van der Waals surface area contributed by atoms with Crippen molar-refractivity contribution in [1.82, 2.24) is 10.3 Å². The minimum absolute atomic E-state index is 0.0734. The van der Waals surface area contributed by atoms with E-state index in [9.17, 15) is 9.18 Å². The predicted molar refractivity (Wildman–Crippen MR) is 85.3 cm³/mol. The molecule has 0 radical (unpaired) electrons. The first-order valence-electron chi connectivity index (χ1n) is 7.90. The van der Waals surface area contributed by atoms with Gasteiger partial charge in [-0.15, -0.1) is 0 Å². The maximum atomic E-state index is 13.2. The number of amides is 1. The highest BCUT2D eigenvalue weighted by atomic mass is 19.1. The third-order valence-electron chi connectivity index (χ3n) is 4.57. The molecule has 3 nitrogen and oxygen atoms in total. The highest BCUT2D eigenvalue weighted by molar-refractivity contribution is 5.98. The molecule has 1 heterocycles. The molecular weight excluding hydrogens is 279 g/mol. The molecule has 22 heavy (non-hydrogen) atoms. The van der Waals surface area contributed by atoms with E-state index in [1.807, 2.05) is 0 Å². The van der Waals surface area contributed by atoms with Crippen molar-refractivity contribution in [3.05, 3.63) is 41.3 Å². The number of carbonyl (C=O) groups excluding carboxylic acids is 1. The van der Waals surface area contributed by atoms with E-state index in [1.165, 1.54) is 25.0 Å². The summed E-state index contributed by atoms with van der Waals surface area (Å²) in [6.07, 6.45) is 4.41. The van der Waals surface area contributed by atoms with Crippen molar-refractivity contribution in [2.75, 3.05) is 0 Å². The van der Waals surface area contributed by atoms with Gasteiger partial charge in [-0.2, -0.15) is 0 Å². The molecule has 1 aliphatic rings. The van der Waals surface area contributed by atoms with E-state index in [1.54, 1.807) is 19.1 Å². The number of benzene rings is 1. The number of carbonyl (C=O) groups is 1. The molecule has 1 fully saturated rings. The first-order valence-corrected chi connectivity index (χ1v) is 7.90. The molecule has 0 aliphatic heterocycles. The van der Waals surface area contributed by atoms with Crippen LogP contribution in [0.4, 0.5) is 4.39 Å². The van der Waals surface area contributed by atoms with E-state index >= 15 is 0 Å². The van der Waals surface area contributed by atoms with Crippen LogP contribution in [-0.4, -0.2) is 16.9 Å². The molecule has 0 atom stereocenters. The molecule has 2 aromatic rings. The Kier molecular flexibility index (Phi) is 4.10. The molecule has 0 spiro atoms. The Bertz CT molecular complexity index is 706. The van der Waals surface area contributed by atoms with Crippen LogP contribution in [-0.2, 0) is 0 Å². The van der Waals surface area contributed by atoms with Crippen LogP contribution in [0.1, 0.15) is 48.7 Å². The molecule has 1 aromatic heterocycles. The molecular formula is C18H21FN2O. The minimum Gasteiger partial charge on any atom is -0.349 e. The van der Waals surface area contributed by atoms with E-state index in [-0.39, 0.29) is 17.8 Å². The highest BCUT2D eigenvalue weighted by Gasteiger charge is 2.21. The SMILES string of the molecule is Cc1nc2cc(F)ccc2cc1C(=O)NC1CCC(C)CC1. The van der Waals surface area contributed by atoms with Crippen molar-refractivity contribution in [3.63, 3.8) is 0 Å². The Morgan fingerprint density at radius 2 is 1.95 bits per heavy atom. The first kappa shape index (κ1) is 14.9. The lowest BCUT2D eigenvalue weighted by atomic mass is 9.87. The maximum Gasteiger partial charge on any atom is 0.253 e. The molecule has 0 bridgehead atoms. The second-order valence-corrected chi connectivity index (χ2v) is 6.39. The summed E-state index contributed by atoms with van der Waals surface area (Å²) >= 11 is 0. The van der Waals surface area contributed by atoms with Crippen LogP contribution in [0.15, 0.2) is 24.3 Å². The second-order valence-electron chi connectivity index (χ2n) is 6.39. The predicted octanol–water partition coefficient (Wildman–Crippen LogP) is 3.99. The number of halogens is 1. The number of hydrogen-bond donors (Lipinski definition) is 1. The Morgan fingerprint density at radius 3 is 2.68 bits per heavy atom. The Balaban J connectivity index is 1.81. The van der Waals surface area contributed by atoms with E-state index < -0.39 is 0 Å². The first-order chi connectivity index (χ1) is 10.5. The summed E-state index contributed by atoms with van der Waals surface area (Å²) < 4.78 is 13.2. The van der Waals surface area contributed by atoms with Crippen LogP contribution in [0.25, 0.3) is 10.9 Å². The number of hydrogen-bond acceptors (Lipinski definition) is 2. The zero-order valence-corrected chi connectivity index (χ0v) is 13.0. The van der Waals surface area contributed by atoms with Crippen LogP contribution in [0.3, 0.4) is 0 Å². The number of nitrogens with zero attached hydrogens (tertiary/aromatic N) is 1. The number of pyridine rings is 1. The van der Waals surface area contributed by atoms with Gasteiger partial charge in [0.1, 0.15) is 5.82 Å². The summed E-state index contributed by atoms with van der Waals surface area (Å²) in [4.78, 5) is 16.9. The highest BCUT2D eigenvalue weighted by Crippen LogP contribution is 2.24. The Hall–Kier alpha value is -1.97. The summed E-state index contributed by atoms with van der Waals surface area (Å²) in [6.45, 7) is 4.05. The van der Waals surface area contributed by atoms with Gasteiger partial charge in [0.05, 0.1) is 16.8 Å². The monoisotopic (exact) mass is 300 g/mol. The molecule has 1 N–H and O–H groups in total. The molecule has 0 saturated heterocycles. The number of fused-ring (bicyclic) bond motifs is 1. The summed E-state index contributed by atoms with van der Waals surface area (Å²) in [5.41, 5.74) is 1.80. The Morgan fingerprint density at radius 1 is 1.23 bits per heavy atom. The molecule has 116 valence electrons. The van der Waals surface area contributed by atoms with Gasteiger partial charge in [0.15, 0.2) is 0 Å². The van der Waals surface area contributed by atoms with Crippen LogP contribution in [0, 0.1) is 18.7 Å². The molecule has 1 amide bonds. The van der Waals surface area contributed by atoms with E-state index in [4.69, 9.17) is 0 Å². The molecule has 3 rings (SSSR count). The van der Waals surface area contributed by atoms with Crippen LogP contribution >= 0.6 is 0 Å². The fraction of sp³-hybridized carbons (Fsp3) is 0.444.